The van der Waals surface area contributed by atoms with Crippen LogP contribution in [0.5, 0.6) is 0 Å². The van der Waals surface area contributed by atoms with E-state index in [1.165, 1.54) is 0 Å². The maximum absolute atomic E-state index is 11.0. The molecule has 98 valence electrons. The third kappa shape index (κ3) is 4.08. The number of aliphatic carboxylic acids is 1. The minimum atomic E-state index is -0.811. The van der Waals surface area contributed by atoms with Gasteiger partial charge in [0.2, 0.25) is 0 Å². The zero-order chi connectivity index (χ0) is 13.7. The lowest BCUT2D eigenvalue weighted by molar-refractivity contribution is -0.140. The van der Waals surface area contributed by atoms with E-state index in [1.54, 1.807) is 13.0 Å². The Bertz CT molecular complexity index is 445. The highest BCUT2D eigenvalue weighted by Gasteiger charge is 2.18. The Balaban J connectivity index is 2.95. The Labute approximate surface area is 113 Å². The molecule has 0 heterocycles. The summed E-state index contributed by atoms with van der Waals surface area (Å²) in [6.07, 6.45) is 0. The minimum Gasteiger partial charge on any atom is -0.481 e. The van der Waals surface area contributed by atoms with Gasteiger partial charge in [-0.1, -0.05) is 42.8 Å². The molecule has 0 saturated heterocycles. The molecule has 18 heavy (non-hydrogen) atoms. The molecule has 0 amide bonds. The SMILES string of the molecule is C=C(C)CN(CC(C)C(=O)O)c1ccccc1Cl. The van der Waals surface area contributed by atoms with Crippen molar-refractivity contribution in [3.8, 4) is 0 Å². The Hall–Kier alpha value is -1.48. The van der Waals surface area contributed by atoms with Crippen LogP contribution >= 0.6 is 11.6 Å². The summed E-state index contributed by atoms with van der Waals surface area (Å²) < 4.78 is 0. The third-order valence-electron chi connectivity index (χ3n) is 2.57. The van der Waals surface area contributed by atoms with Crippen molar-refractivity contribution < 1.29 is 9.90 Å². The summed E-state index contributed by atoms with van der Waals surface area (Å²) in [6, 6.07) is 7.43. The van der Waals surface area contributed by atoms with E-state index >= 15 is 0 Å². The number of hydrogen-bond donors (Lipinski definition) is 1. The summed E-state index contributed by atoms with van der Waals surface area (Å²) in [5.74, 6) is -1.27. The van der Waals surface area contributed by atoms with Crippen LogP contribution in [0.2, 0.25) is 5.02 Å². The predicted octanol–water partition coefficient (Wildman–Crippen LogP) is 3.44. The molecule has 1 aromatic carbocycles. The van der Waals surface area contributed by atoms with Gasteiger partial charge >= 0.3 is 5.97 Å². The number of anilines is 1. The maximum Gasteiger partial charge on any atom is 0.308 e. The van der Waals surface area contributed by atoms with E-state index in [1.807, 2.05) is 30.0 Å². The van der Waals surface area contributed by atoms with Gasteiger partial charge in [-0.3, -0.25) is 4.79 Å². The summed E-state index contributed by atoms with van der Waals surface area (Å²) in [7, 11) is 0. The van der Waals surface area contributed by atoms with Crippen LogP contribution in [0.1, 0.15) is 13.8 Å². The van der Waals surface area contributed by atoms with Gasteiger partial charge in [0.05, 0.1) is 16.6 Å². The fraction of sp³-hybridized carbons (Fsp3) is 0.357. The number of halogens is 1. The molecule has 0 aromatic heterocycles. The van der Waals surface area contributed by atoms with Gasteiger partial charge in [0, 0.05) is 13.1 Å². The molecule has 0 radical (unpaired) electrons. The van der Waals surface area contributed by atoms with Gasteiger partial charge < -0.3 is 10.0 Å². The van der Waals surface area contributed by atoms with E-state index in [2.05, 4.69) is 6.58 Å². The first-order chi connectivity index (χ1) is 8.41. The smallest absolute Gasteiger partial charge is 0.308 e. The van der Waals surface area contributed by atoms with Crippen molar-refractivity contribution >= 4 is 23.3 Å². The van der Waals surface area contributed by atoms with Crippen LogP contribution in [0.15, 0.2) is 36.4 Å². The summed E-state index contributed by atoms with van der Waals surface area (Å²) in [6.45, 7) is 8.47. The van der Waals surface area contributed by atoms with E-state index in [9.17, 15) is 4.79 Å². The largest absolute Gasteiger partial charge is 0.481 e. The van der Waals surface area contributed by atoms with Crippen LogP contribution in [0.25, 0.3) is 0 Å². The molecule has 0 aliphatic carbocycles. The van der Waals surface area contributed by atoms with Crippen LogP contribution in [0, 0.1) is 5.92 Å². The standard InChI is InChI=1S/C14H18ClNO2/c1-10(2)8-16(9-11(3)14(17)18)13-7-5-4-6-12(13)15/h4-7,11H,1,8-9H2,2-3H3,(H,17,18). The third-order valence-corrected chi connectivity index (χ3v) is 2.89. The number of carboxylic acids is 1. The molecule has 0 spiro atoms. The van der Waals surface area contributed by atoms with Crippen LogP contribution in [0.4, 0.5) is 5.69 Å². The average molecular weight is 268 g/mol. The van der Waals surface area contributed by atoms with Gasteiger partial charge in [0.25, 0.3) is 0 Å². The molecule has 4 heteroatoms. The van der Waals surface area contributed by atoms with Crippen molar-refractivity contribution in [2.75, 3.05) is 18.0 Å². The van der Waals surface area contributed by atoms with Gasteiger partial charge in [-0.05, 0) is 19.1 Å². The lowest BCUT2D eigenvalue weighted by atomic mass is 10.1. The summed E-state index contributed by atoms with van der Waals surface area (Å²) in [4.78, 5) is 12.9. The first kappa shape index (κ1) is 14.6. The molecule has 1 aromatic rings. The molecule has 0 saturated carbocycles. The van der Waals surface area contributed by atoms with E-state index in [0.29, 0.717) is 18.1 Å². The highest BCUT2D eigenvalue weighted by molar-refractivity contribution is 6.33. The second kappa shape index (κ2) is 6.45. The lowest BCUT2D eigenvalue weighted by Gasteiger charge is -2.27. The Morgan fingerprint density at radius 1 is 1.50 bits per heavy atom. The first-order valence-corrected chi connectivity index (χ1v) is 6.16. The van der Waals surface area contributed by atoms with E-state index < -0.39 is 11.9 Å². The molecule has 3 nitrogen and oxygen atoms in total. The second-order valence-electron chi connectivity index (χ2n) is 4.53. The predicted molar refractivity (Wildman–Crippen MR) is 75.3 cm³/mol. The maximum atomic E-state index is 11.0. The fourth-order valence-corrected chi connectivity index (χ4v) is 1.95. The molecule has 0 fully saturated rings. The molecule has 1 rings (SSSR count). The number of carbonyl (C=O) groups is 1. The lowest BCUT2D eigenvalue weighted by Crippen LogP contribution is -2.33. The number of hydrogen-bond acceptors (Lipinski definition) is 2. The van der Waals surface area contributed by atoms with E-state index in [-0.39, 0.29) is 0 Å². The number of para-hydroxylation sites is 1. The highest BCUT2D eigenvalue weighted by Crippen LogP contribution is 2.26. The first-order valence-electron chi connectivity index (χ1n) is 5.78. The summed E-state index contributed by atoms with van der Waals surface area (Å²) in [5.41, 5.74) is 1.81. The number of rotatable bonds is 6. The van der Waals surface area contributed by atoms with E-state index in [0.717, 1.165) is 11.3 Å². The zero-order valence-corrected chi connectivity index (χ0v) is 11.4. The number of nitrogens with zero attached hydrogens (tertiary/aromatic N) is 1. The zero-order valence-electron chi connectivity index (χ0n) is 10.7. The topological polar surface area (TPSA) is 40.5 Å². The van der Waals surface area contributed by atoms with Crippen molar-refractivity contribution in [1.82, 2.24) is 0 Å². The van der Waals surface area contributed by atoms with Gasteiger partial charge in [-0.2, -0.15) is 0 Å². The highest BCUT2D eigenvalue weighted by atomic mass is 35.5. The second-order valence-corrected chi connectivity index (χ2v) is 4.94. The Morgan fingerprint density at radius 3 is 2.61 bits per heavy atom. The Morgan fingerprint density at radius 2 is 2.11 bits per heavy atom. The molecule has 1 N–H and O–H groups in total. The average Bonchev–Trinajstić information content (AvgIpc) is 2.28. The van der Waals surface area contributed by atoms with E-state index in [4.69, 9.17) is 16.7 Å². The van der Waals surface area contributed by atoms with Crippen molar-refractivity contribution in [3.05, 3.63) is 41.4 Å². The molecular weight excluding hydrogens is 250 g/mol. The minimum absolute atomic E-state index is 0.409. The van der Waals surface area contributed by atoms with Gasteiger partial charge in [0.15, 0.2) is 0 Å². The van der Waals surface area contributed by atoms with Crippen molar-refractivity contribution in [2.45, 2.75) is 13.8 Å². The normalized spacial score (nSPS) is 11.9. The van der Waals surface area contributed by atoms with Gasteiger partial charge in [-0.25, -0.2) is 0 Å². The molecule has 1 atom stereocenters. The van der Waals surface area contributed by atoms with Crippen molar-refractivity contribution in [3.63, 3.8) is 0 Å². The summed E-state index contributed by atoms with van der Waals surface area (Å²) in [5, 5.41) is 9.62. The fourth-order valence-electron chi connectivity index (χ4n) is 1.69. The van der Waals surface area contributed by atoms with Gasteiger partial charge in [0.1, 0.15) is 0 Å². The summed E-state index contributed by atoms with van der Waals surface area (Å²) >= 11 is 6.15. The van der Waals surface area contributed by atoms with Crippen LogP contribution in [-0.4, -0.2) is 24.2 Å². The van der Waals surface area contributed by atoms with Crippen molar-refractivity contribution in [1.29, 1.82) is 0 Å². The van der Waals surface area contributed by atoms with Crippen LogP contribution in [-0.2, 0) is 4.79 Å². The molecule has 0 aliphatic heterocycles. The number of benzene rings is 1. The molecule has 1 unspecified atom stereocenters. The van der Waals surface area contributed by atoms with Crippen molar-refractivity contribution in [2.24, 2.45) is 5.92 Å². The number of carboxylic acid groups (broad SMARTS) is 1. The van der Waals surface area contributed by atoms with Crippen LogP contribution in [0.3, 0.4) is 0 Å². The molecule has 0 aliphatic rings. The van der Waals surface area contributed by atoms with Crippen LogP contribution < -0.4 is 4.90 Å². The monoisotopic (exact) mass is 267 g/mol. The molecular formula is C14H18ClNO2. The quantitative estimate of drug-likeness (QED) is 0.803. The molecule has 0 bridgehead atoms. The Kier molecular flexibility index (Phi) is 5.23. The van der Waals surface area contributed by atoms with Gasteiger partial charge in [-0.15, -0.1) is 0 Å².